The van der Waals surface area contributed by atoms with Crippen LogP contribution in [-0.4, -0.2) is 10.2 Å². The summed E-state index contributed by atoms with van der Waals surface area (Å²) < 4.78 is 0. The lowest BCUT2D eigenvalue weighted by molar-refractivity contribution is 0.516. The molecule has 2 N–H and O–H groups in total. The number of aromatic nitrogens is 1. The molecule has 3 rings (SSSR count). The summed E-state index contributed by atoms with van der Waals surface area (Å²) in [5, 5.41) is 2.20. The van der Waals surface area contributed by atoms with Crippen LogP contribution in [0.4, 0.5) is 0 Å². The first-order valence-corrected chi connectivity index (χ1v) is 9.05. The maximum absolute atomic E-state index is 6.16. The minimum absolute atomic E-state index is 0.264. The fraction of sp³-hybridized carbons (Fsp3) is 0.786. The second kappa shape index (κ2) is 5.93. The minimum Gasteiger partial charge on any atom is -0.323 e. The molecular weight excluding hydrogens is 260 g/mol. The fourth-order valence-corrected chi connectivity index (χ4v) is 5.48. The highest BCUT2D eigenvalue weighted by molar-refractivity contribution is 7.99. The summed E-state index contributed by atoms with van der Waals surface area (Å²) in [6, 6.07) is 0.264. The smallest absolute Gasteiger partial charge is 0.103 e. The summed E-state index contributed by atoms with van der Waals surface area (Å²) in [7, 11) is 0. The van der Waals surface area contributed by atoms with E-state index in [1.165, 1.54) is 54.1 Å². The van der Waals surface area contributed by atoms with Gasteiger partial charge in [-0.3, -0.25) is 0 Å². The van der Waals surface area contributed by atoms with Crippen molar-refractivity contribution in [3.05, 3.63) is 15.6 Å². The molecule has 1 heterocycles. The predicted octanol–water partition coefficient (Wildman–Crippen LogP) is 4.05. The van der Waals surface area contributed by atoms with Gasteiger partial charge in [0.2, 0.25) is 0 Å². The molecule has 4 heteroatoms. The van der Waals surface area contributed by atoms with E-state index in [2.05, 4.69) is 11.8 Å². The van der Waals surface area contributed by atoms with Crippen LogP contribution in [0.2, 0.25) is 0 Å². The van der Waals surface area contributed by atoms with Crippen LogP contribution < -0.4 is 5.73 Å². The number of hydrogen-bond donors (Lipinski definition) is 1. The quantitative estimate of drug-likeness (QED) is 0.909. The molecule has 0 bridgehead atoms. The van der Waals surface area contributed by atoms with Gasteiger partial charge in [-0.15, -0.1) is 11.3 Å². The Bertz CT molecular complexity index is 396. The highest BCUT2D eigenvalue weighted by Gasteiger charge is 2.22. The van der Waals surface area contributed by atoms with Crippen LogP contribution in [0.15, 0.2) is 0 Å². The van der Waals surface area contributed by atoms with Crippen molar-refractivity contribution in [1.29, 1.82) is 0 Å². The molecule has 0 aliphatic heterocycles. The normalized spacial score (nSPS) is 25.1. The van der Waals surface area contributed by atoms with Crippen LogP contribution in [-0.2, 0) is 12.2 Å². The molecule has 2 aliphatic rings. The van der Waals surface area contributed by atoms with E-state index in [0.29, 0.717) is 0 Å². The highest BCUT2D eigenvalue weighted by atomic mass is 32.2. The minimum atomic E-state index is 0.264. The van der Waals surface area contributed by atoms with Gasteiger partial charge in [0.25, 0.3) is 0 Å². The second-order valence-corrected chi connectivity index (χ2v) is 7.89. The summed E-state index contributed by atoms with van der Waals surface area (Å²) in [6.07, 6.45) is 10.6. The SMILES string of the molecule is NC1CCCc2nc(CSC3CCCCC3)sc21. The van der Waals surface area contributed by atoms with Crippen molar-refractivity contribution in [2.75, 3.05) is 0 Å². The molecule has 1 aromatic heterocycles. The largest absolute Gasteiger partial charge is 0.323 e. The number of nitrogens with zero attached hydrogens (tertiary/aromatic N) is 1. The Morgan fingerprint density at radius 1 is 1.17 bits per heavy atom. The Balaban J connectivity index is 1.59. The van der Waals surface area contributed by atoms with E-state index in [1.807, 2.05) is 11.3 Å². The lowest BCUT2D eigenvalue weighted by Gasteiger charge is -2.20. The highest BCUT2D eigenvalue weighted by Crippen LogP contribution is 2.36. The number of thioether (sulfide) groups is 1. The van der Waals surface area contributed by atoms with Crippen LogP contribution in [0, 0.1) is 0 Å². The third-order valence-electron chi connectivity index (χ3n) is 4.03. The number of fused-ring (bicyclic) bond motifs is 1. The van der Waals surface area contributed by atoms with Crippen LogP contribution in [0.1, 0.15) is 66.6 Å². The zero-order chi connectivity index (χ0) is 12.4. The zero-order valence-electron chi connectivity index (χ0n) is 10.9. The third-order valence-corrected chi connectivity index (χ3v) is 6.83. The van der Waals surface area contributed by atoms with E-state index in [4.69, 9.17) is 10.7 Å². The molecule has 1 atom stereocenters. The van der Waals surface area contributed by atoms with Crippen molar-refractivity contribution in [2.45, 2.75) is 68.4 Å². The molecule has 1 aromatic rings. The Morgan fingerprint density at radius 3 is 2.78 bits per heavy atom. The van der Waals surface area contributed by atoms with Crippen LogP contribution in [0.5, 0.6) is 0 Å². The Morgan fingerprint density at radius 2 is 2.00 bits per heavy atom. The molecule has 0 saturated heterocycles. The van der Waals surface area contributed by atoms with E-state index in [1.54, 1.807) is 0 Å². The van der Waals surface area contributed by atoms with Gasteiger partial charge in [0.05, 0.1) is 5.69 Å². The lowest BCUT2D eigenvalue weighted by atomic mass is 9.99. The number of hydrogen-bond acceptors (Lipinski definition) is 4. The molecule has 1 saturated carbocycles. The van der Waals surface area contributed by atoms with Gasteiger partial charge in [-0.1, -0.05) is 19.3 Å². The first-order valence-electron chi connectivity index (χ1n) is 7.18. The van der Waals surface area contributed by atoms with Gasteiger partial charge in [0.1, 0.15) is 5.01 Å². The summed E-state index contributed by atoms with van der Waals surface area (Å²) in [4.78, 5) is 6.18. The van der Waals surface area contributed by atoms with Crippen LogP contribution in [0.25, 0.3) is 0 Å². The second-order valence-electron chi connectivity index (χ2n) is 5.49. The van der Waals surface area contributed by atoms with Crippen molar-refractivity contribution in [2.24, 2.45) is 5.73 Å². The first-order chi connectivity index (χ1) is 8.83. The molecule has 1 unspecified atom stereocenters. The van der Waals surface area contributed by atoms with E-state index >= 15 is 0 Å². The zero-order valence-corrected chi connectivity index (χ0v) is 12.5. The molecule has 2 aliphatic carbocycles. The van der Waals surface area contributed by atoms with Crippen molar-refractivity contribution in [1.82, 2.24) is 4.98 Å². The maximum Gasteiger partial charge on any atom is 0.103 e. The Hall–Kier alpha value is -0.0600. The van der Waals surface area contributed by atoms with Gasteiger partial charge in [0.15, 0.2) is 0 Å². The lowest BCUT2D eigenvalue weighted by Crippen LogP contribution is -2.15. The van der Waals surface area contributed by atoms with Gasteiger partial charge >= 0.3 is 0 Å². The summed E-state index contributed by atoms with van der Waals surface area (Å²) >= 11 is 4.00. The average Bonchev–Trinajstić information content (AvgIpc) is 2.82. The Kier molecular flexibility index (Phi) is 4.27. The summed E-state index contributed by atoms with van der Waals surface area (Å²) in [5.41, 5.74) is 7.47. The molecule has 0 aromatic carbocycles. The molecule has 2 nitrogen and oxygen atoms in total. The van der Waals surface area contributed by atoms with Crippen molar-refractivity contribution < 1.29 is 0 Å². The number of aryl methyl sites for hydroxylation is 1. The van der Waals surface area contributed by atoms with E-state index < -0.39 is 0 Å². The monoisotopic (exact) mass is 282 g/mol. The summed E-state index contributed by atoms with van der Waals surface area (Å²) in [5.74, 6) is 1.11. The number of thiazole rings is 1. The predicted molar refractivity (Wildman–Crippen MR) is 80.1 cm³/mol. The van der Waals surface area contributed by atoms with Gasteiger partial charge in [-0.25, -0.2) is 4.98 Å². The number of nitrogens with two attached hydrogens (primary N) is 1. The topological polar surface area (TPSA) is 38.9 Å². The van der Waals surface area contributed by atoms with E-state index in [-0.39, 0.29) is 6.04 Å². The Labute approximate surface area is 118 Å². The van der Waals surface area contributed by atoms with E-state index in [9.17, 15) is 0 Å². The van der Waals surface area contributed by atoms with Gasteiger partial charge in [-0.05, 0) is 32.1 Å². The van der Waals surface area contributed by atoms with Gasteiger partial charge < -0.3 is 5.73 Å². The average molecular weight is 282 g/mol. The first kappa shape index (κ1) is 12.9. The molecule has 100 valence electrons. The van der Waals surface area contributed by atoms with Crippen molar-refractivity contribution in [3.63, 3.8) is 0 Å². The fourth-order valence-electron chi connectivity index (χ4n) is 2.99. The van der Waals surface area contributed by atoms with Crippen LogP contribution >= 0.6 is 23.1 Å². The van der Waals surface area contributed by atoms with Crippen molar-refractivity contribution in [3.8, 4) is 0 Å². The third kappa shape index (κ3) is 2.91. The molecule has 18 heavy (non-hydrogen) atoms. The molecule has 1 fully saturated rings. The maximum atomic E-state index is 6.16. The molecule has 0 amide bonds. The van der Waals surface area contributed by atoms with Crippen molar-refractivity contribution >= 4 is 23.1 Å². The number of rotatable bonds is 3. The van der Waals surface area contributed by atoms with Gasteiger partial charge in [-0.2, -0.15) is 11.8 Å². The van der Waals surface area contributed by atoms with Crippen LogP contribution in [0.3, 0.4) is 0 Å². The van der Waals surface area contributed by atoms with Gasteiger partial charge in [0, 0.05) is 21.9 Å². The van der Waals surface area contributed by atoms with E-state index in [0.717, 1.165) is 23.8 Å². The molecule has 0 radical (unpaired) electrons. The molecule has 0 spiro atoms. The summed E-state index contributed by atoms with van der Waals surface area (Å²) in [6.45, 7) is 0. The molecular formula is C14H22N2S2. The standard InChI is InChI=1S/C14H22N2S2/c15-11-7-4-8-12-14(11)18-13(16-12)9-17-10-5-2-1-3-6-10/h10-11H,1-9,15H2.